The van der Waals surface area contributed by atoms with E-state index in [1.807, 2.05) is 6.92 Å². The molecule has 106 valence electrons. The average Bonchev–Trinajstić information content (AvgIpc) is 2.46. The van der Waals surface area contributed by atoms with Crippen molar-refractivity contribution in [3.63, 3.8) is 0 Å². The van der Waals surface area contributed by atoms with Gasteiger partial charge in [0.15, 0.2) is 0 Å². The van der Waals surface area contributed by atoms with Crippen LogP contribution in [0.1, 0.15) is 30.6 Å². The molecule has 0 spiro atoms. The van der Waals surface area contributed by atoms with Gasteiger partial charge in [-0.3, -0.25) is 4.98 Å². The van der Waals surface area contributed by atoms with E-state index < -0.39 is 0 Å². The van der Waals surface area contributed by atoms with Crippen molar-refractivity contribution in [1.29, 1.82) is 0 Å². The number of nitrogens with zero attached hydrogens (tertiary/aromatic N) is 1. The van der Waals surface area contributed by atoms with Gasteiger partial charge in [0.05, 0.1) is 11.7 Å². The SMILES string of the molecule is CCCNC(Cc1ccccc1F)c1ncccc1F. The first-order chi connectivity index (χ1) is 9.72. The Morgan fingerprint density at radius 1 is 1.10 bits per heavy atom. The maximum Gasteiger partial charge on any atom is 0.146 e. The van der Waals surface area contributed by atoms with Crippen LogP contribution in [0.2, 0.25) is 0 Å². The van der Waals surface area contributed by atoms with Crippen molar-refractivity contribution >= 4 is 0 Å². The quantitative estimate of drug-likeness (QED) is 0.871. The van der Waals surface area contributed by atoms with Crippen molar-refractivity contribution in [2.24, 2.45) is 0 Å². The van der Waals surface area contributed by atoms with Gasteiger partial charge in [-0.15, -0.1) is 0 Å². The van der Waals surface area contributed by atoms with E-state index in [9.17, 15) is 8.78 Å². The topological polar surface area (TPSA) is 24.9 Å². The highest BCUT2D eigenvalue weighted by atomic mass is 19.1. The highest BCUT2D eigenvalue weighted by Gasteiger charge is 2.18. The molecule has 0 bridgehead atoms. The number of rotatable bonds is 6. The Morgan fingerprint density at radius 3 is 2.55 bits per heavy atom. The van der Waals surface area contributed by atoms with E-state index in [0.29, 0.717) is 17.7 Å². The lowest BCUT2D eigenvalue weighted by atomic mass is 10.0. The van der Waals surface area contributed by atoms with Crippen LogP contribution in [0.4, 0.5) is 8.78 Å². The van der Waals surface area contributed by atoms with Gasteiger partial charge in [0.2, 0.25) is 0 Å². The maximum absolute atomic E-state index is 13.9. The van der Waals surface area contributed by atoms with Crippen molar-refractivity contribution in [3.8, 4) is 0 Å². The minimum Gasteiger partial charge on any atom is -0.308 e. The van der Waals surface area contributed by atoms with Crippen molar-refractivity contribution in [3.05, 3.63) is 65.5 Å². The first kappa shape index (κ1) is 14.6. The molecule has 1 atom stereocenters. The zero-order valence-electron chi connectivity index (χ0n) is 11.4. The highest BCUT2D eigenvalue weighted by molar-refractivity contribution is 5.21. The van der Waals surface area contributed by atoms with Gasteiger partial charge in [-0.25, -0.2) is 8.78 Å². The zero-order valence-corrected chi connectivity index (χ0v) is 11.4. The summed E-state index contributed by atoms with van der Waals surface area (Å²) in [5, 5.41) is 3.23. The standard InChI is InChI=1S/C16H18F2N2/c1-2-9-19-15(16-14(18)8-5-10-20-16)11-12-6-3-4-7-13(12)17/h3-8,10,15,19H,2,9,11H2,1H3. The first-order valence-corrected chi connectivity index (χ1v) is 6.79. The maximum atomic E-state index is 13.9. The van der Waals surface area contributed by atoms with Crippen LogP contribution < -0.4 is 5.32 Å². The number of aromatic nitrogens is 1. The number of nitrogens with one attached hydrogen (secondary N) is 1. The van der Waals surface area contributed by atoms with E-state index in [-0.39, 0.29) is 17.7 Å². The highest BCUT2D eigenvalue weighted by Crippen LogP contribution is 2.20. The van der Waals surface area contributed by atoms with E-state index in [4.69, 9.17) is 0 Å². The number of hydrogen-bond donors (Lipinski definition) is 1. The molecule has 2 aromatic rings. The molecule has 0 aliphatic heterocycles. The second kappa shape index (κ2) is 7.10. The summed E-state index contributed by atoms with van der Waals surface area (Å²) in [4.78, 5) is 4.10. The van der Waals surface area contributed by atoms with Gasteiger partial charge in [0, 0.05) is 6.20 Å². The molecule has 0 saturated carbocycles. The monoisotopic (exact) mass is 276 g/mol. The summed E-state index contributed by atoms with van der Waals surface area (Å²) in [6, 6.07) is 9.17. The minimum atomic E-state index is -0.363. The molecule has 2 nitrogen and oxygen atoms in total. The molecule has 2 rings (SSSR count). The molecule has 1 N–H and O–H groups in total. The first-order valence-electron chi connectivity index (χ1n) is 6.79. The molecule has 1 aromatic heterocycles. The smallest absolute Gasteiger partial charge is 0.146 e. The van der Waals surface area contributed by atoms with Crippen LogP contribution in [-0.2, 0) is 6.42 Å². The van der Waals surface area contributed by atoms with E-state index >= 15 is 0 Å². The number of benzene rings is 1. The zero-order chi connectivity index (χ0) is 14.4. The molecule has 1 unspecified atom stereocenters. The van der Waals surface area contributed by atoms with Crippen LogP contribution in [0.5, 0.6) is 0 Å². The average molecular weight is 276 g/mol. The molecule has 0 aliphatic rings. The molecule has 0 amide bonds. The Labute approximate surface area is 117 Å². The van der Waals surface area contributed by atoms with Gasteiger partial charge in [-0.2, -0.15) is 0 Å². The predicted octanol–water partition coefficient (Wildman–Crippen LogP) is 3.64. The summed E-state index contributed by atoms with van der Waals surface area (Å²) >= 11 is 0. The lowest BCUT2D eigenvalue weighted by molar-refractivity contribution is 0.474. The fraction of sp³-hybridized carbons (Fsp3) is 0.312. The molecule has 4 heteroatoms. The van der Waals surface area contributed by atoms with E-state index in [1.165, 1.54) is 12.1 Å². The van der Waals surface area contributed by atoms with Gasteiger partial charge in [0.25, 0.3) is 0 Å². The minimum absolute atomic E-state index is 0.271. The second-order valence-electron chi connectivity index (χ2n) is 4.67. The van der Waals surface area contributed by atoms with Crippen molar-refractivity contribution < 1.29 is 8.78 Å². The fourth-order valence-electron chi connectivity index (χ4n) is 2.12. The molecule has 1 aromatic carbocycles. The third-order valence-electron chi connectivity index (χ3n) is 3.14. The summed E-state index contributed by atoms with van der Waals surface area (Å²) in [5.41, 5.74) is 0.898. The molecule has 0 saturated heterocycles. The van der Waals surface area contributed by atoms with Gasteiger partial charge in [-0.05, 0) is 43.1 Å². The molecular formula is C16H18F2N2. The summed E-state index contributed by atoms with van der Waals surface area (Å²) in [6.07, 6.45) is 2.85. The summed E-state index contributed by atoms with van der Waals surface area (Å²) in [5.74, 6) is -0.635. The van der Waals surface area contributed by atoms with E-state index in [0.717, 1.165) is 13.0 Å². The molecule has 0 fully saturated rings. The molecule has 0 aliphatic carbocycles. The van der Waals surface area contributed by atoms with Crippen LogP contribution in [0.3, 0.4) is 0 Å². The number of hydrogen-bond acceptors (Lipinski definition) is 2. The van der Waals surface area contributed by atoms with Crippen LogP contribution in [0, 0.1) is 11.6 Å². The van der Waals surface area contributed by atoms with Crippen LogP contribution >= 0.6 is 0 Å². The summed E-state index contributed by atoms with van der Waals surface area (Å²) in [6.45, 7) is 2.76. The third kappa shape index (κ3) is 3.61. The second-order valence-corrected chi connectivity index (χ2v) is 4.67. The Bertz CT molecular complexity index is 558. The molecule has 1 heterocycles. The summed E-state index contributed by atoms with van der Waals surface area (Å²) < 4.78 is 27.6. The number of pyridine rings is 1. The van der Waals surface area contributed by atoms with Gasteiger partial charge < -0.3 is 5.32 Å². The van der Waals surface area contributed by atoms with Gasteiger partial charge >= 0.3 is 0 Å². The van der Waals surface area contributed by atoms with Gasteiger partial charge in [-0.1, -0.05) is 25.1 Å². The Balaban J connectivity index is 2.24. The third-order valence-corrected chi connectivity index (χ3v) is 3.14. The Kier molecular flexibility index (Phi) is 5.18. The van der Waals surface area contributed by atoms with Crippen LogP contribution in [0.15, 0.2) is 42.6 Å². The lowest BCUT2D eigenvalue weighted by Gasteiger charge is -2.19. The fourth-order valence-corrected chi connectivity index (χ4v) is 2.12. The Hall–Kier alpha value is -1.81. The van der Waals surface area contributed by atoms with Crippen molar-refractivity contribution in [2.75, 3.05) is 6.54 Å². The van der Waals surface area contributed by atoms with E-state index in [1.54, 1.807) is 30.5 Å². The summed E-state index contributed by atoms with van der Waals surface area (Å²) in [7, 11) is 0. The van der Waals surface area contributed by atoms with Gasteiger partial charge in [0.1, 0.15) is 11.6 Å². The predicted molar refractivity (Wildman–Crippen MR) is 75.3 cm³/mol. The van der Waals surface area contributed by atoms with Crippen molar-refractivity contribution in [1.82, 2.24) is 10.3 Å². The van der Waals surface area contributed by atoms with Crippen LogP contribution in [-0.4, -0.2) is 11.5 Å². The number of halogens is 2. The lowest BCUT2D eigenvalue weighted by Crippen LogP contribution is -2.26. The Morgan fingerprint density at radius 2 is 1.85 bits per heavy atom. The molecule has 20 heavy (non-hydrogen) atoms. The van der Waals surface area contributed by atoms with E-state index in [2.05, 4.69) is 10.3 Å². The van der Waals surface area contributed by atoms with Crippen molar-refractivity contribution in [2.45, 2.75) is 25.8 Å². The largest absolute Gasteiger partial charge is 0.308 e. The molecular weight excluding hydrogens is 258 g/mol. The normalized spacial score (nSPS) is 12.3. The van der Waals surface area contributed by atoms with Crippen LogP contribution in [0.25, 0.3) is 0 Å². The molecule has 0 radical (unpaired) electrons.